The SMILES string of the molecule is CC(=O)N(C[C@H]1CCN(CCO)C1)C(C)C. The number of hydrogen-bond donors (Lipinski definition) is 1. The van der Waals surface area contributed by atoms with Crippen LogP contribution in [0.4, 0.5) is 0 Å². The summed E-state index contributed by atoms with van der Waals surface area (Å²) in [4.78, 5) is 15.7. The number of rotatable bonds is 5. The Labute approximate surface area is 98.2 Å². The molecule has 1 fully saturated rings. The maximum absolute atomic E-state index is 11.5. The third-order valence-electron chi connectivity index (χ3n) is 3.27. The number of nitrogens with zero attached hydrogens (tertiary/aromatic N) is 2. The van der Waals surface area contributed by atoms with Crippen LogP contribution in [-0.4, -0.2) is 59.6 Å². The van der Waals surface area contributed by atoms with Gasteiger partial charge in [-0.1, -0.05) is 0 Å². The van der Waals surface area contributed by atoms with E-state index in [9.17, 15) is 4.79 Å². The van der Waals surface area contributed by atoms with Crippen LogP contribution in [0.25, 0.3) is 0 Å². The summed E-state index contributed by atoms with van der Waals surface area (Å²) in [5.74, 6) is 0.730. The van der Waals surface area contributed by atoms with E-state index in [4.69, 9.17) is 5.11 Å². The van der Waals surface area contributed by atoms with Gasteiger partial charge in [0.1, 0.15) is 0 Å². The average molecular weight is 228 g/mol. The van der Waals surface area contributed by atoms with Gasteiger partial charge in [-0.25, -0.2) is 0 Å². The molecule has 94 valence electrons. The van der Waals surface area contributed by atoms with Gasteiger partial charge in [-0.3, -0.25) is 4.79 Å². The molecule has 0 bridgehead atoms. The van der Waals surface area contributed by atoms with Gasteiger partial charge in [0.05, 0.1) is 6.61 Å². The van der Waals surface area contributed by atoms with Crippen LogP contribution < -0.4 is 0 Å². The molecule has 1 saturated heterocycles. The summed E-state index contributed by atoms with van der Waals surface area (Å²) < 4.78 is 0. The number of hydrogen-bond acceptors (Lipinski definition) is 3. The smallest absolute Gasteiger partial charge is 0.219 e. The first-order valence-electron chi connectivity index (χ1n) is 6.15. The van der Waals surface area contributed by atoms with Crippen molar-refractivity contribution in [3.8, 4) is 0 Å². The molecular weight excluding hydrogens is 204 g/mol. The number of aliphatic hydroxyl groups is 1. The van der Waals surface area contributed by atoms with Crippen LogP contribution in [0.1, 0.15) is 27.2 Å². The molecule has 0 aromatic rings. The van der Waals surface area contributed by atoms with Crippen LogP contribution in [0.15, 0.2) is 0 Å². The number of aliphatic hydroxyl groups excluding tert-OH is 1. The van der Waals surface area contributed by atoms with E-state index in [1.54, 1.807) is 6.92 Å². The topological polar surface area (TPSA) is 43.8 Å². The van der Waals surface area contributed by atoms with Crippen molar-refractivity contribution in [2.75, 3.05) is 32.8 Å². The maximum Gasteiger partial charge on any atom is 0.219 e. The Kier molecular flexibility index (Phi) is 5.22. The van der Waals surface area contributed by atoms with Gasteiger partial charge in [-0.15, -0.1) is 0 Å². The second-order valence-corrected chi connectivity index (χ2v) is 4.94. The highest BCUT2D eigenvalue weighted by molar-refractivity contribution is 5.73. The van der Waals surface area contributed by atoms with E-state index in [1.807, 2.05) is 4.90 Å². The molecule has 0 aliphatic carbocycles. The highest BCUT2D eigenvalue weighted by Crippen LogP contribution is 2.18. The second kappa shape index (κ2) is 6.21. The quantitative estimate of drug-likeness (QED) is 0.747. The summed E-state index contributed by atoms with van der Waals surface area (Å²) in [5, 5.41) is 8.87. The lowest BCUT2D eigenvalue weighted by molar-refractivity contribution is -0.131. The molecule has 0 aromatic carbocycles. The molecule has 0 aromatic heterocycles. The summed E-state index contributed by atoms with van der Waals surface area (Å²) in [6.07, 6.45) is 1.14. The molecule has 1 rings (SSSR count). The molecule has 1 aliphatic heterocycles. The largest absolute Gasteiger partial charge is 0.395 e. The zero-order valence-corrected chi connectivity index (χ0v) is 10.6. The molecule has 4 heteroatoms. The molecule has 1 atom stereocenters. The van der Waals surface area contributed by atoms with E-state index in [-0.39, 0.29) is 18.6 Å². The van der Waals surface area contributed by atoms with E-state index in [0.717, 1.165) is 32.6 Å². The lowest BCUT2D eigenvalue weighted by Gasteiger charge is -2.28. The Morgan fingerprint density at radius 3 is 2.75 bits per heavy atom. The Morgan fingerprint density at radius 1 is 1.56 bits per heavy atom. The lowest BCUT2D eigenvalue weighted by atomic mass is 10.1. The van der Waals surface area contributed by atoms with Crippen molar-refractivity contribution in [2.24, 2.45) is 5.92 Å². The minimum Gasteiger partial charge on any atom is -0.395 e. The van der Waals surface area contributed by atoms with Crippen molar-refractivity contribution in [3.63, 3.8) is 0 Å². The molecule has 0 saturated carbocycles. The number of amides is 1. The van der Waals surface area contributed by atoms with Crippen molar-refractivity contribution in [2.45, 2.75) is 33.2 Å². The van der Waals surface area contributed by atoms with Crippen molar-refractivity contribution in [3.05, 3.63) is 0 Å². The maximum atomic E-state index is 11.5. The molecule has 1 N–H and O–H groups in total. The lowest BCUT2D eigenvalue weighted by Crippen LogP contribution is -2.39. The molecule has 1 heterocycles. The first-order valence-corrected chi connectivity index (χ1v) is 6.15. The van der Waals surface area contributed by atoms with Crippen molar-refractivity contribution in [1.29, 1.82) is 0 Å². The van der Waals surface area contributed by atoms with Crippen LogP contribution in [0.2, 0.25) is 0 Å². The Bertz CT molecular complexity index is 231. The normalized spacial score (nSPS) is 21.7. The van der Waals surface area contributed by atoms with Gasteiger partial charge in [0, 0.05) is 32.6 Å². The van der Waals surface area contributed by atoms with E-state index in [1.165, 1.54) is 0 Å². The highest BCUT2D eigenvalue weighted by Gasteiger charge is 2.25. The molecule has 0 radical (unpaired) electrons. The molecule has 0 unspecified atom stereocenters. The van der Waals surface area contributed by atoms with E-state index >= 15 is 0 Å². The predicted octanol–water partition coefficient (Wildman–Crippen LogP) is 0.557. The van der Waals surface area contributed by atoms with Crippen molar-refractivity contribution < 1.29 is 9.90 Å². The number of carbonyl (C=O) groups excluding carboxylic acids is 1. The minimum atomic E-state index is 0.163. The van der Waals surface area contributed by atoms with E-state index < -0.39 is 0 Å². The number of β-amino-alcohol motifs (C(OH)–C–C–N with tert-alkyl or cyclic N) is 1. The zero-order chi connectivity index (χ0) is 12.1. The van der Waals surface area contributed by atoms with Gasteiger partial charge in [-0.2, -0.15) is 0 Å². The van der Waals surface area contributed by atoms with Gasteiger partial charge >= 0.3 is 0 Å². The summed E-state index contributed by atoms with van der Waals surface area (Å²) in [7, 11) is 0. The van der Waals surface area contributed by atoms with Crippen LogP contribution in [-0.2, 0) is 4.79 Å². The third kappa shape index (κ3) is 3.76. The van der Waals surface area contributed by atoms with E-state index in [0.29, 0.717) is 5.92 Å². The molecule has 16 heavy (non-hydrogen) atoms. The number of likely N-dealkylation sites (tertiary alicyclic amines) is 1. The zero-order valence-electron chi connectivity index (χ0n) is 10.6. The first kappa shape index (κ1) is 13.5. The Morgan fingerprint density at radius 2 is 2.25 bits per heavy atom. The monoisotopic (exact) mass is 228 g/mol. The summed E-state index contributed by atoms with van der Waals surface area (Å²) >= 11 is 0. The van der Waals surface area contributed by atoms with E-state index in [2.05, 4.69) is 18.7 Å². The van der Waals surface area contributed by atoms with Crippen LogP contribution in [0.5, 0.6) is 0 Å². The average Bonchev–Trinajstić information content (AvgIpc) is 2.61. The Hall–Kier alpha value is -0.610. The molecule has 1 aliphatic rings. The van der Waals surface area contributed by atoms with Crippen LogP contribution >= 0.6 is 0 Å². The fourth-order valence-corrected chi connectivity index (χ4v) is 2.39. The van der Waals surface area contributed by atoms with Crippen LogP contribution in [0.3, 0.4) is 0 Å². The summed E-state index contributed by atoms with van der Waals surface area (Å²) in [5.41, 5.74) is 0. The fourth-order valence-electron chi connectivity index (χ4n) is 2.39. The van der Waals surface area contributed by atoms with Gasteiger partial charge in [0.25, 0.3) is 0 Å². The van der Waals surface area contributed by atoms with Gasteiger partial charge in [0.2, 0.25) is 5.91 Å². The molecule has 0 spiro atoms. The van der Waals surface area contributed by atoms with Crippen molar-refractivity contribution in [1.82, 2.24) is 9.80 Å². The standard InChI is InChI=1S/C12H24N2O2/c1-10(2)14(11(3)16)9-12-4-5-13(8-12)6-7-15/h10,12,15H,4-9H2,1-3H3/t12-/m0/s1. The number of carbonyl (C=O) groups is 1. The van der Waals surface area contributed by atoms with Gasteiger partial charge in [0.15, 0.2) is 0 Å². The summed E-state index contributed by atoms with van der Waals surface area (Å²) in [6, 6.07) is 0.282. The van der Waals surface area contributed by atoms with Crippen molar-refractivity contribution >= 4 is 5.91 Å². The fraction of sp³-hybridized carbons (Fsp3) is 0.917. The highest BCUT2D eigenvalue weighted by atomic mass is 16.3. The predicted molar refractivity (Wildman–Crippen MR) is 64.2 cm³/mol. The second-order valence-electron chi connectivity index (χ2n) is 4.94. The third-order valence-corrected chi connectivity index (χ3v) is 3.27. The first-order chi connectivity index (χ1) is 7.54. The van der Waals surface area contributed by atoms with Crippen LogP contribution in [0, 0.1) is 5.92 Å². The molecule has 1 amide bonds. The Balaban J connectivity index is 2.39. The summed E-state index contributed by atoms with van der Waals surface area (Å²) in [6.45, 7) is 9.66. The molecule has 4 nitrogen and oxygen atoms in total. The minimum absolute atomic E-state index is 0.163. The van der Waals surface area contributed by atoms with Gasteiger partial charge < -0.3 is 14.9 Å². The van der Waals surface area contributed by atoms with Gasteiger partial charge in [-0.05, 0) is 32.7 Å². The molecular formula is C12H24N2O2.